The van der Waals surface area contributed by atoms with Gasteiger partial charge in [0.2, 0.25) is 0 Å². The van der Waals surface area contributed by atoms with Gasteiger partial charge in [0, 0.05) is 50.6 Å². The SMILES string of the molecule is CNC(=O)c1cnn2c(NC)cc(-c3cn([C@@H]4COC[C@H]4OC)c4ncccc34)nc12. The summed E-state index contributed by atoms with van der Waals surface area (Å²) < 4.78 is 15.0. The summed E-state index contributed by atoms with van der Waals surface area (Å²) in [4.78, 5) is 21.8. The van der Waals surface area contributed by atoms with E-state index >= 15 is 0 Å². The lowest BCUT2D eigenvalue weighted by atomic mass is 10.1. The number of carbonyl (C=O) groups excluding carboxylic acids is 1. The first-order chi connectivity index (χ1) is 15.2. The topological polar surface area (TPSA) is 108 Å². The van der Waals surface area contributed by atoms with Gasteiger partial charge in [0.05, 0.1) is 31.1 Å². The van der Waals surface area contributed by atoms with Crippen LogP contribution in [0.1, 0.15) is 16.4 Å². The Morgan fingerprint density at radius 1 is 1.29 bits per heavy atom. The lowest BCUT2D eigenvalue weighted by Gasteiger charge is -2.18. The van der Waals surface area contributed by atoms with Gasteiger partial charge in [-0.25, -0.2) is 9.97 Å². The van der Waals surface area contributed by atoms with Gasteiger partial charge in [0.25, 0.3) is 5.91 Å². The van der Waals surface area contributed by atoms with Gasteiger partial charge in [-0.3, -0.25) is 4.79 Å². The molecule has 5 heterocycles. The van der Waals surface area contributed by atoms with Crippen LogP contribution in [-0.2, 0) is 9.47 Å². The molecule has 0 radical (unpaired) electrons. The smallest absolute Gasteiger partial charge is 0.256 e. The molecule has 0 saturated carbocycles. The molecule has 31 heavy (non-hydrogen) atoms. The van der Waals surface area contributed by atoms with Crippen LogP contribution < -0.4 is 10.6 Å². The van der Waals surface area contributed by atoms with E-state index in [1.165, 1.54) is 6.20 Å². The van der Waals surface area contributed by atoms with Crippen LogP contribution in [0, 0.1) is 0 Å². The fourth-order valence-corrected chi connectivity index (χ4v) is 4.12. The third kappa shape index (κ3) is 3.03. The Kier molecular flexibility index (Phi) is 4.79. The molecule has 10 heteroatoms. The summed E-state index contributed by atoms with van der Waals surface area (Å²) in [5.41, 5.74) is 3.35. The largest absolute Gasteiger partial charge is 0.377 e. The highest BCUT2D eigenvalue weighted by atomic mass is 16.5. The van der Waals surface area contributed by atoms with Gasteiger partial charge in [-0.1, -0.05) is 0 Å². The van der Waals surface area contributed by atoms with Crippen LogP contribution in [0.25, 0.3) is 27.9 Å². The number of hydrogen-bond acceptors (Lipinski definition) is 7. The maximum absolute atomic E-state index is 12.3. The Balaban J connectivity index is 1.73. The van der Waals surface area contributed by atoms with Crippen molar-refractivity contribution in [2.45, 2.75) is 12.1 Å². The Labute approximate surface area is 178 Å². The molecule has 2 N–H and O–H groups in total. The summed E-state index contributed by atoms with van der Waals surface area (Å²) in [6.45, 7) is 1.10. The fourth-order valence-electron chi connectivity index (χ4n) is 4.12. The minimum atomic E-state index is -0.239. The van der Waals surface area contributed by atoms with E-state index in [9.17, 15) is 4.79 Å². The van der Waals surface area contributed by atoms with E-state index in [0.717, 1.165) is 22.4 Å². The van der Waals surface area contributed by atoms with E-state index in [0.29, 0.717) is 30.1 Å². The highest BCUT2D eigenvalue weighted by molar-refractivity contribution is 6.00. The molecule has 0 bridgehead atoms. The molecule has 1 fully saturated rings. The molecule has 4 aromatic heterocycles. The number of aromatic nitrogens is 5. The number of carbonyl (C=O) groups is 1. The van der Waals surface area contributed by atoms with Gasteiger partial charge in [-0.2, -0.15) is 9.61 Å². The molecule has 0 spiro atoms. The Morgan fingerprint density at radius 2 is 2.16 bits per heavy atom. The van der Waals surface area contributed by atoms with Gasteiger partial charge in [-0.05, 0) is 12.1 Å². The first-order valence-electron chi connectivity index (χ1n) is 10.0. The van der Waals surface area contributed by atoms with Gasteiger partial charge < -0.3 is 24.7 Å². The predicted octanol–water partition coefficient (Wildman–Crippen LogP) is 1.73. The number of rotatable bonds is 5. The second-order valence-electron chi connectivity index (χ2n) is 7.35. The molecule has 2 atom stereocenters. The van der Waals surface area contributed by atoms with E-state index < -0.39 is 0 Å². The van der Waals surface area contributed by atoms with Crippen molar-refractivity contribution in [3.63, 3.8) is 0 Å². The molecule has 1 amide bonds. The van der Waals surface area contributed by atoms with Gasteiger partial charge in [-0.15, -0.1) is 0 Å². The normalized spacial score (nSPS) is 18.7. The average Bonchev–Trinajstić information content (AvgIpc) is 3.53. The number of ether oxygens (including phenoxy) is 2. The first-order valence-corrected chi connectivity index (χ1v) is 10.0. The van der Waals surface area contributed by atoms with E-state index in [1.54, 1.807) is 24.9 Å². The number of nitrogens with zero attached hydrogens (tertiary/aromatic N) is 5. The van der Waals surface area contributed by atoms with Crippen LogP contribution in [0.4, 0.5) is 5.82 Å². The predicted molar refractivity (Wildman–Crippen MR) is 115 cm³/mol. The summed E-state index contributed by atoms with van der Waals surface area (Å²) in [7, 11) is 5.09. The fraction of sp³-hybridized carbons (Fsp3) is 0.333. The lowest BCUT2D eigenvalue weighted by Crippen LogP contribution is -2.24. The molecule has 0 aliphatic carbocycles. The number of amides is 1. The molecule has 5 rings (SSSR count). The Hall–Kier alpha value is -3.50. The van der Waals surface area contributed by atoms with Crippen molar-refractivity contribution in [2.24, 2.45) is 0 Å². The summed E-state index contributed by atoms with van der Waals surface area (Å²) in [6.07, 6.45) is 5.28. The van der Waals surface area contributed by atoms with Gasteiger partial charge in [0.15, 0.2) is 5.65 Å². The molecule has 10 nitrogen and oxygen atoms in total. The number of hydrogen-bond donors (Lipinski definition) is 2. The third-order valence-electron chi connectivity index (χ3n) is 5.73. The van der Waals surface area contributed by atoms with E-state index in [2.05, 4.69) is 25.3 Å². The van der Waals surface area contributed by atoms with Crippen molar-refractivity contribution in [3.05, 3.63) is 42.4 Å². The molecule has 0 aromatic carbocycles. The monoisotopic (exact) mass is 421 g/mol. The first kappa shape index (κ1) is 19.5. The van der Waals surface area contributed by atoms with Crippen molar-refractivity contribution in [3.8, 4) is 11.3 Å². The third-order valence-corrected chi connectivity index (χ3v) is 5.73. The van der Waals surface area contributed by atoms with Crippen molar-refractivity contribution < 1.29 is 14.3 Å². The Bertz CT molecular complexity index is 1280. The van der Waals surface area contributed by atoms with E-state index in [-0.39, 0.29) is 18.1 Å². The maximum atomic E-state index is 12.3. The van der Waals surface area contributed by atoms with E-state index in [4.69, 9.17) is 14.5 Å². The van der Waals surface area contributed by atoms with Crippen molar-refractivity contribution >= 4 is 28.4 Å². The van der Waals surface area contributed by atoms with Gasteiger partial charge >= 0.3 is 0 Å². The number of pyridine rings is 1. The molecule has 4 aromatic rings. The van der Waals surface area contributed by atoms with Crippen molar-refractivity contribution in [1.29, 1.82) is 0 Å². The minimum absolute atomic E-state index is 0.0139. The molecule has 1 saturated heterocycles. The van der Waals surface area contributed by atoms with Crippen LogP contribution in [0.15, 0.2) is 36.8 Å². The number of nitrogens with one attached hydrogen (secondary N) is 2. The zero-order chi connectivity index (χ0) is 21.5. The molecular formula is C21H23N7O3. The maximum Gasteiger partial charge on any atom is 0.256 e. The zero-order valence-corrected chi connectivity index (χ0v) is 17.5. The summed E-state index contributed by atoms with van der Waals surface area (Å²) >= 11 is 0. The standard InChI is InChI=1S/C21H23N7O3/c1-22-18-7-15(26-20-13(21(29)23-2)8-25-28(18)20)14-9-27(16-10-31-11-17(16)30-3)19-12(14)5-4-6-24-19/h4-9,16-17,22H,10-11H2,1-3H3,(H,23,29)/t16-,17-/m1/s1. The van der Waals surface area contributed by atoms with Crippen LogP contribution in [0.2, 0.25) is 0 Å². The van der Waals surface area contributed by atoms with Crippen LogP contribution >= 0.6 is 0 Å². The highest BCUT2D eigenvalue weighted by Gasteiger charge is 2.32. The van der Waals surface area contributed by atoms with Crippen molar-refractivity contribution in [1.82, 2.24) is 29.5 Å². The second kappa shape index (κ2) is 7.64. The van der Waals surface area contributed by atoms with Crippen LogP contribution in [-0.4, -0.2) is 70.6 Å². The summed E-state index contributed by atoms with van der Waals surface area (Å²) in [6, 6.07) is 5.85. The molecule has 1 aliphatic rings. The summed E-state index contributed by atoms with van der Waals surface area (Å²) in [5, 5.41) is 11.1. The van der Waals surface area contributed by atoms with Gasteiger partial charge in [0.1, 0.15) is 23.1 Å². The number of methoxy groups -OCH3 is 1. The van der Waals surface area contributed by atoms with Crippen molar-refractivity contribution in [2.75, 3.05) is 39.7 Å². The number of anilines is 1. The highest BCUT2D eigenvalue weighted by Crippen LogP contribution is 2.35. The Morgan fingerprint density at radius 3 is 2.94 bits per heavy atom. The molecule has 1 aliphatic heterocycles. The van der Waals surface area contributed by atoms with Crippen LogP contribution in [0.5, 0.6) is 0 Å². The number of fused-ring (bicyclic) bond motifs is 2. The van der Waals surface area contributed by atoms with E-state index in [1.807, 2.05) is 31.4 Å². The minimum Gasteiger partial charge on any atom is -0.377 e. The van der Waals surface area contributed by atoms with Crippen LogP contribution in [0.3, 0.4) is 0 Å². The quantitative estimate of drug-likeness (QED) is 0.505. The second-order valence-corrected chi connectivity index (χ2v) is 7.35. The average molecular weight is 421 g/mol. The molecule has 0 unspecified atom stereocenters. The summed E-state index contributed by atoms with van der Waals surface area (Å²) in [5.74, 6) is 0.482. The lowest BCUT2D eigenvalue weighted by molar-refractivity contribution is 0.0692. The zero-order valence-electron chi connectivity index (χ0n) is 17.5. The molecule has 160 valence electrons. The molecular weight excluding hydrogens is 398 g/mol.